The first-order valence-corrected chi connectivity index (χ1v) is 6.03. The van der Waals surface area contributed by atoms with Crippen molar-refractivity contribution in [2.45, 2.75) is 26.1 Å². The van der Waals surface area contributed by atoms with Crippen LogP contribution in [0, 0.1) is 0 Å². The molecule has 0 amide bonds. The maximum Gasteiger partial charge on any atom is 0.355 e. The number of aromatic nitrogens is 1. The molecular weight excluding hydrogens is 228 g/mol. The number of carboxylic acids is 1. The van der Waals surface area contributed by atoms with Gasteiger partial charge in [0.15, 0.2) is 10.8 Å². The number of carboxylic acid groups (broad SMARTS) is 1. The zero-order valence-corrected chi connectivity index (χ0v) is 10.0. The summed E-state index contributed by atoms with van der Waals surface area (Å²) in [5, 5.41) is 11.1. The molecule has 2 rings (SSSR count). The summed E-state index contributed by atoms with van der Waals surface area (Å²) in [5.74, 6) is -0.975. The zero-order chi connectivity index (χ0) is 11.7. The Morgan fingerprint density at radius 2 is 2.19 bits per heavy atom. The van der Waals surface area contributed by atoms with Crippen LogP contribution in [0.2, 0.25) is 0 Å². The van der Waals surface area contributed by atoms with E-state index in [-0.39, 0.29) is 17.9 Å². The normalized spacial score (nSPS) is 25.8. The fourth-order valence-corrected chi connectivity index (χ4v) is 2.66. The van der Waals surface area contributed by atoms with Crippen LogP contribution in [0.25, 0.3) is 0 Å². The van der Waals surface area contributed by atoms with Gasteiger partial charge >= 0.3 is 5.97 Å². The first-order chi connectivity index (χ1) is 7.56. The lowest BCUT2D eigenvalue weighted by molar-refractivity contribution is -0.00522. The Balaban J connectivity index is 2.13. The second-order valence-corrected chi connectivity index (χ2v) is 4.82. The van der Waals surface area contributed by atoms with Gasteiger partial charge in [-0.05, 0) is 13.8 Å². The highest BCUT2D eigenvalue weighted by atomic mass is 32.1. The molecule has 0 unspecified atom stereocenters. The van der Waals surface area contributed by atoms with E-state index < -0.39 is 5.97 Å². The molecule has 0 spiro atoms. The third kappa shape index (κ3) is 2.33. The highest BCUT2D eigenvalue weighted by Crippen LogP contribution is 2.24. The summed E-state index contributed by atoms with van der Waals surface area (Å²) in [7, 11) is 0. The molecule has 0 bridgehead atoms. The van der Waals surface area contributed by atoms with Gasteiger partial charge in [0, 0.05) is 18.5 Å². The van der Waals surface area contributed by atoms with Crippen molar-refractivity contribution >= 4 is 22.4 Å². The van der Waals surface area contributed by atoms with Gasteiger partial charge in [0.2, 0.25) is 0 Å². The van der Waals surface area contributed by atoms with E-state index in [2.05, 4.69) is 9.88 Å². The van der Waals surface area contributed by atoms with Gasteiger partial charge in [0.05, 0.1) is 12.2 Å². The third-order valence-corrected chi connectivity index (χ3v) is 3.30. The Morgan fingerprint density at radius 1 is 1.56 bits per heavy atom. The van der Waals surface area contributed by atoms with Crippen LogP contribution < -0.4 is 4.90 Å². The number of anilines is 1. The van der Waals surface area contributed by atoms with E-state index in [1.807, 2.05) is 13.8 Å². The average Bonchev–Trinajstić information content (AvgIpc) is 2.64. The minimum absolute atomic E-state index is 0.117. The molecule has 1 N–H and O–H groups in total. The summed E-state index contributed by atoms with van der Waals surface area (Å²) in [4.78, 5) is 16.9. The van der Waals surface area contributed by atoms with Gasteiger partial charge < -0.3 is 14.7 Å². The van der Waals surface area contributed by atoms with E-state index in [1.165, 1.54) is 11.3 Å². The zero-order valence-electron chi connectivity index (χ0n) is 9.21. The second-order valence-electron chi connectivity index (χ2n) is 3.98. The smallest absolute Gasteiger partial charge is 0.355 e. The summed E-state index contributed by atoms with van der Waals surface area (Å²) in [6.07, 6.45) is 0.307. The Kier molecular flexibility index (Phi) is 3.11. The maximum absolute atomic E-state index is 10.7. The van der Waals surface area contributed by atoms with Crippen LogP contribution in [-0.4, -0.2) is 41.4 Å². The van der Waals surface area contributed by atoms with E-state index in [0.717, 1.165) is 18.2 Å². The van der Waals surface area contributed by atoms with E-state index in [1.54, 1.807) is 5.38 Å². The topological polar surface area (TPSA) is 62.7 Å². The fourth-order valence-electron chi connectivity index (χ4n) is 1.84. The van der Waals surface area contributed by atoms with Crippen molar-refractivity contribution < 1.29 is 14.6 Å². The lowest BCUT2D eigenvalue weighted by atomic mass is 10.2. The highest BCUT2D eigenvalue weighted by molar-refractivity contribution is 7.13. The number of carbonyl (C=O) groups is 1. The van der Waals surface area contributed by atoms with Crippen molar-refractivity contribution in [3.05, 3.63) is 11.1 Å². The predicted octanol–water partition coefficient (Wildman–Crippen LogP) is 1.45. The SMILES string of the molecule is C[C@@H]1CN(c2nc(C(=O)O)cs2)C[C@H](C)O1. The molecule has 5 nitrogen and oxygen atoms in total. The summed E-state index contributed by atoms with van der Waals surface area (Å²) >= 11 is 1.37. The van der Waals surface area contributed by atoms with Crippen molar-refractivity contribution in [2.75, 3.05) is 18.0 Å². The minimum Gasteiger partial charge on any atom is -0.476 e. The van der Waals surface area contributed by atoms with Gasteiger partial charge in [-0.25, -0.2) is 9.78 Å². The maximum atomic E-state index is 10.7. The molecule has 6 heteroatoms. The molecule has 1 aromatic heterocycles. The van der Waals surface area contributed by atoms with Crippen LogP contribution in [0.3, 0.4) is 0 Å². The highest BCUT2D eigenvalue weighted by Gasteiger charge is 2.24. The van der Waals surface area contributed by atoms with Crippen molar-refractivity contribution in [1.82, 2.24) is 4.98 Å². The molecule has 0 saturated carbocycles. The summed E-state index contributed by atoms with van der Waals surface area (Å²) in [6.45, 7) is 5.54. The molecule has 1 aromatic rings. The summed E-state index contributed by atoms with van der Waals surface area (Å²) < 4.78 is 5.61. The van der Waals surface area contributed by atoms with Crippen molar-refractivity contribution in [3.63, 3.8) is 0 Å². The number of ether oxygens (including phenoxy) is 1. The van der Waals surface area contributed by atoms with E-state index >= 15 is 0 Å². The molecule has 2 atom stereocenters. The molecule has 1 fully saturated rings. The first kappa shape index (κ1) is 11.3. The Bertz CT molecular complexity index is 383. The Labute approximate surface area is 97.7 Å². The molecule has 1 aliphatic rings. The van der Waals surface area contributed by atoms with Crippen LogP contribution >= 0.6 is 11.3 Å². The molecule has 1 saturated heterocycles. The number of aromatic carboxylic acids is 1. The number of morpholine rings is 1. The largest absolute Gasteiger partial charge is 0.476 e. The molecule has 0 aliphatic carbocycles. The second kappa shape index (κ2) is 4.39. The Morgan fingerprint density at radius 3 is 2.69 bits per heavy atom. The van der Waals surface area contributed by atoms with Crippen LogP contribution in [0.4, 0.5) is 5.13 Å². The molecule has 16 heavy (non-hydrogen) atoms. The predicted molar refractivity (Wildman–Crippen MR) is 61.3 cm³/mol. The lowest BCUT2D eigenvalue weighted by Gasteiger charge is -2.35. The van der Waals surface area contributed by atoms with E-state index in [0.29, 0.717) is 0 Å². The van der Waals surface area contributed by atoms with Gasteiger partial charge in [-0.1, -0.05) is 0 Å². The monoisotopic (exact) mass is 242 g/mol. The van der Waals surface area contributed by atoms with Gasteiger partial charge in [0.1, 0.15) is 0 Å². The van der Waals surface area contributed by atoms with Crippen LogP contribution in [0.5, 0.6) is 0 Å². The first-order valence-electron chi connectivity index (χ1n) is 5.15. The molecular formula is C10H14N2O3S. The quantitative estimate of drug-likeness (QED) is 0.850. The average molecular weight is 242 g/mol. The molecule has 2 heterocycles. The van der Waals surface area contributed by atoms with Crippen LogP contribution in [0.1, 0.15) is 24.3 Å². The fraction of sp³-hybridized carbons (Fsp3) is 0.600. The summed E-state index contributed by atoms with van der Waals surface area (Å²) in [6, 6.07) is 0. The van der Waals surface area contributed by atoms with Crippen molar-refractivity contribution in [3.8, 4) is 0 Å². The van der Waals surface area contributed by atoms with Crippen LogP contribution in [0.15, 0.2) is 5.38 Å². The van der Waals surface area contributed by atoms with Crippen molar-refractivity contribution in [2.24, 2.45) is 0 Å². The standard InChI is InChI=1S/C10H14N2O3S/c1-6-3-12(4-7(2)15-6)10-11-8(5-16-10)9(13)14/h5-7H,3-4H2,1-2H3,(H,13,14)/t6-,7+. The van der Waals surface area contributed by atoms with E-state index in [9.17, 15) is 4.79 Å². The van der Waals surface area contributed by atoms with Gasteiger partial charge in [-0.15, -0.1) is 11.3 Å². The number of nitrogens with zero attached hydrogens (tertiary/aromatic N) is 2. The number of hydrogen-bond acceptors (Lipinski definition) is 5. The summed E-state index contributed by atoms with van der Waals surface area (Å²) in [5.41, 5.74) is 0.117. The number of hydrogen-bond donors (Lipinski definition) is 1. The molecule has 0 aromatic carbocycles. The van der Waals surface area contributed by atoms with Crippen molar-refractivity contribution in [1.29, 1.82) is 0 Å². The molecule has 88 valence electrons. The molecule has 0 radical (unpaired) electrons. The third-order valence-electron chi connectivity index (χ3n) is 2.40. The molecule has 1 aliphatic heterocycles. The van der Waals surface area contributed by atoms with Gasteiger partial charge in [-0.2, -0.15) is 0 Å². The lowest BCUT2D eigenvalue weighted by Crippen LogP contribution is -2.45. The minimum atomic E-state index is -0.975. The van der Waals surface area contributed by atoms with Gasteiger partial charge in [-0.3, -0.25) is 0 Å². The van der Waals surface area contributed by atoms with Crippen LogP contribution in [-0.2, 0) is 4.74 Å². The number of thiazole rings is 1. The van der Waals surface area contributed by atoms with E-state index in [4.69, 9.17) is 9.84 Å². The number of rotatable bonds is 2. The Hall–Kier alpha value is -1.14. The van der Waals surface area contributed by atoms with Gasteiger partial charge in [0.25, 0.3) is 0 Å².